The Bertz CT molecular complexity index is 412. The minimum absolute atomic E-state index is 0.00914. The van der Waals surface area contributed by atoms with E-state index in [0.29, 0.717) is 0 Å². The van der Waals surface area contributed by atoms with E-state index in [1.165, 1.54) is 0 Å². The van der Waals surface area contributed by atoms with Crippen molar-refractivity contribution in [2.45, 2.75) is 45.1 Å². The number of carboxylic acid groups (broad SMARTS) is 1. The summed E-state index contributed by atoms with van der Waals surface area (Å²) in [6, 6.07) is 9.53. The van der Waals surface area contributed by atoms with Gasteiger partial charge in [-0.05, 0) is 18.4 Å². The van der Waals surface area contributed by atoms with Crippen molar-refractivity contribution >= 4 is 12.0 Å². The summed E-state index contributed by atoms with van der Waals surface area (Å²) < 4.78 is 0. The first-order valence-electron chi connectivity index (χ1n) is 6.86. The number of carboxylic acids is 1. The van der Waals surface area contributed by atoms with Crippen LogP contribution in [0.3, 0.4) is 0 Å². The molecule has 0 spiro atoms. The largest absolute Gasteiger partial charge is 0.481 e. The molecule has 0 radical (unpaired) electrons. The van der Waals surface area contributed by atoms with Crippen LogP contribution in [0.15, 0.2) is 35.9 Å². The summed E-state index contributed by atoms with van der Waals surface area (Å²) in [5, 5.41) is 8.86. The maximum atomic E-state index is 10.8. The Morgan fingerprint density at radius 1 is 1.32 bits per heavy atom. The van der Waals surface area contributed by atoms with Gasteiger partial charge in [0.2, 0.25) is 0 Å². The topological polar surface area (TPSA) is 63.3 Å². The molecular formula is C16H23NO2. The summed E-state index contributed by atoms with van der Waals surface area (Å²) in [4.78, 5) is 10.8. The molecule has 1 unspecified atom stereocenters. The molecule has 3 N–H and O–H groups in total. The fourth-order valence-electron chi connectivity index (χ4n) is 2.03. The highest BCUT2D eigenvalue weighted by atomic mass is 16.4. The van der Waals surface area contributed by atoms with E-state index in [1.54, 1.807) is 0 Å². The van der Waals surface area contributed by atoms with Gasteiger partial charge in [-0.25, -0.2) is 0 Å². The highest BCUT2D eigenvalue weighted by molar-refractivity contribution is 5.69. The van der Waals surface area contributed by atoms with Gasteiger partial charge >= 0.3 is 5.97 Å². The molecule has 0 aliphatic heterocycles. The van der Waals surface area contributed by atoms with E-state index >= 15 is 0 Å². The van der Waals surface area contributed by atoms with Crippen LogP contribution in [0.25, 0.3) is 6.08 Å². The Labute approximate surface area is 115 Å². The molecule has 19 heavy (non-hydrogen) atoms. The summed E-state index contributed by atoms with van der Waals surface area (Å²) in [6.07, 6.45) is 6.24. The van der Waals surface area contributed by atoms with E-state index in [2.05, 4.69) is 6.92 Å². The molecule has 3 heteroatoms. The molecule has 0 aliphatic carbocycles. The first-order chi connectivity index (χ1) is 9.13. The summed E-state index contributed by atoms with van der Waals surface area (Å²) >= 11 is 0. The van der Waals surface area contributed by atoms with Gasteiger partial charge in [-0.2, -0.15) is 0 Å². The summed E-state index contributed by atoms with van der Waals surface area (Å²) in [5.74, 6) is -0.845. The van der Waals surface area contributed by atoms with Crippen LogP contribution in [0.5, 0.6) is 0 Å². The lowest BCUT2D eigenvalue weighted by Gasteiger charge is -2.14. The Morgan fingerprint density at radius 3 is 2.58 bits per heavy atom. The maximum absolute atomic E-state index is 10.8. The van der Waals surface area contributed by atoms with Crippen LogP contribution in [0.1, 0.15) is 44.6 Å². The van der Waals surface area contributed by atoms with Crippen molar-refractivity contribution in [2.75, 3.05) is 0 Å². The molecule has 1 rings (SSSR count). The quantitative estimate of drug-likeness (QED) is 0.704. The number of aliphatic carboxylic acids is 1. The molecule has 0 aliphatic rings. The average Bonchev–Trinajstić information content (AvgIpc) is 2.38. The summed E-state index contributed by atoms with van der Waals surface area (Å²) in [6.45, 7) is 2.15. The van der Waals surface area contributed by atoms with Crippen LogP contribution in [-0.2, 0) is 4.79 Å². The van der Waals surface area contributed by atoms with Crippen molar-refractivity contribution in [3.05, 3.63) is 41.5 Å². The zero-order valence-electron chi connectivity index (χ0n) is 11.5. The molecule has 104 valence electrons. The lowest BCUT2D eigenvalue weighted by molar-refractivity contribution is -0.137. The van der Waals surface area contributed by atoms with Gasteiger partial charge < -0.3 is 10.8 Å². The molecule has 3 nitrogen and oxygen atoms in total. The first kappa shape index (κ1) is 15.4. The third-order valence-corrected chi connectivity index (χ3v) is 3.09. The second-order valence-corrected chi connectivity index (χ2v) is 4.79. The highest BCUT2D eigenvalue weighted by Crippen LogP contribution is 2.18. The van der Waals surface area contributed by atoms with Gasteiger partial charge in [-0.1, -0.05) is 61.7 Å². The van der Waals surface area contributed by atoms with Crippen LogP contribution < -0.4 is 5.73 Å². The van der Waals surface area contributed by atoms with Crippen molar-refractivity contribution in [1.82, 2.24) is 0 Å². The minimum Gasteiger partial charge on any atom is -0.481 e. The standard InChI is InChI=1S/C16H23NO2/c1-2-3-5-10-14(15(17)12-16(18)19)11-13-8-6-4-7-9-13/h4,6-9,11,15H,2-3,5,10,12,17H2,1H3,(H,18,19)/b14-11+. The normalized spacial score (nSPS) is 13.3. The number of benzene rings is 1. The number of hydrogen-bond donors (Lipinski definition) is 2. The van der Waals surface area contributed by atoms with Crippen LogP contribution in [0.2, 0.25) is 0 Å². The zero-order valence-corrected chi connectivity index (χ0v) is 11.5. The van der Waals surface area contributed by atoms with Gasteiger partial charge in [0.15, 0.2) is 0 Å². The third kappa shape index (κ3) is 6.20. The summed E-state index contributed by atoms with van der Waals surface area (Å²) in [7, 11) is 0. The molecule has 1 aromatic rings. The Balaban J connectivity index is 2.78. The molecule has 1 aromatic carbocycles. The molecule has 0 heterocycles. The number of carbonyl (C=O) groups is 1. The van der Waals surface area contributed by atoms with Gasteiger partial charge in [0.1, 0.15) is 0 Å². The lowest BCUT2D eigenvalue weighted by Crippen LogP contribution is -2.26. The second kappa shape index (κ2) is 8.48. The predicted molar refractivity (Wildman–Crippen MR) is 78.8 cm³/mol. The average molecular weight is 261 g/mol. The van der Waals surface area contributed by atoms with E-state index < -0.39 is 12.0 Å². The lowest BCUT2D eigenvalue weighted by atomic mass is 9.96. The van der Waals surface area contributed by atoms with Crippen LogP contribution in [0.4, 0.5) is 0 Å². The van der Waals surface area contributed by atoms with Gasteiger partial charge in [0.25, 0.3) is 0 Å². The Hall–Kier alpha value is -1.61. The molecule has 0 bridgehead atoms. The minimum atomic E-state index is -0.845. The van der Waals surface area contributed by atoms with E-state index in [9.17, 15) is 4.79 Å². The van der Waals surface area contributed by atoms with Crippen molar-refractivity contribution in [2.24, 2.45) is 5.73 Å². The van der Waals surface area contributed by atoms with Gasteiger partial charge in [0, 0.05) is 6.04 Å². The second-order valence-electron chi connectivity index (χ2n) is 4.79. The smallest absolute Gasteiger partial charge is 0.305 e. The molecule has 0 fully saturated rings. The van der Waals surface area contributed by atoms with E-state index in [1.807, 2.05) is 36.4 Å². The highest BCUT2D eigenvalue weighted by Gasteiger charge is 2.13. The fraction of sp³-hybridized carbons (Fsp3) is 0.438. The number of rotatable bonds is 8. The third-order valence-electron chi connectivity index (χ3n) is 3.09. The van der Waals surface area contributed by atoms with Crippen molar-refractivity contribution in [3.8, 4) is 0 Å². The zero-order chi connectivity index (χ0) is 14.1. The SMILES string of the molecule is CCCCC/C(=C\c1ccccc1)C(N)CC(=O)O. The monoisotopic (exact) mass is 261 g/mol. The molecule has 0 amide bonds. The van der Waals surface area contributed by atoms with Crippen molar-refractivity contribution in [1.29, 1.82) is 0 Å². The Morgan fingerprint density at radius 2 is 2.00 bits per heavy atom. The van der Waals surface area contributed by atoms with Gasteiger partial charge in [-0.15, -0.1) is 0 Å². The molecular weight excluding hydrogens is 238 g/mol. The van der Waals surface area contributed by atoms with E-state index in [4.69, 9.17) is 10.8 Å². The fourth-order valence-corrected chi connectivity index (χ4v) is 2.03. The maximum Gasteiger partial charge on any atom is 0.305 e. The molecule has 1 atom stereocenters. The first-order valence-corrected chi connectivity index (χ1v) is 6.86. The van der Waals surface area contributed by atoms with E-state index in [0.717, 1.165) is 36.8 Å². The van der Waals surface area contributed by atoms with Crippen LogP contribution in [0, 0.1) is 0 Å². The van der Waals surface area contributed by atoms with Gasteiger partial charge in [0.05, 0.1) is 6.42 Å². The Kier molecular flexibility index (Phi) is 6.90. The van der Waals surface area contributed by atoms with Crippen LogP contribution >= 0.6 is 0 Å². The molecule has 0 saturated heterocycles. The molecule has 0 saturated carbocycles. The predicted octanol–water partition coefficient (Wildman–Crippen LogP) is 3.45. The van der Waals surface area contributed by atoms with Gasteiger partial charge in [-0.3, -0.25) is 4.79 Å². The van der Waals surface area contributed by atoms with Crippen LogP contribution in [-0.4, -0.2) is 17.1 Å². The van der Waals surface area contributed by atoms with Crippen molar-refractivity contribution < 1.29 is 9.90 Å². The number of hydrogen-bond acceptors (Lipinski definition) is 2. The number of unbranched alkanes of at least 4 members (excludes halogenated alkanes) is 2. The number of nitrogens with two attached hydrogens (primary N) is 1. The van der Waals surface area contributed by atoms with E-state index in [-0.39, 0.29) is 6.42 Å². The summed E-state index contributed by atoms with van der Waals surface area (Å²) in [5.41, 5.74) is 8.11. The molecule has 0 aromatic heterocycles. The van der Waals surface area contributed by atoms with Crippen molar-refractivity contribution in [3.63, 3.8) is 0 Å².